The largest absolute Gasteiger partial charge is 0.467 e. The maximum absolute atomic E-state index is 5.47. The maximum atomic E-state index is 5.47. The Morgan fingerprint density at radius 2 is 2.42 bits per heavy atom. The molecule has 2 aromatic heterocycles. The van der Waals surface area contributed by atoms with E-state index in [2.05, 4.69) is 30.8 Å². The number of thioether (sulfide) groups is 1. The minimum absolute atomic E-state index is 0.829. The van der Waals surface area contributed by atoms with Crippen LogP contribution in [0.3, 0.4) is 0 Å². The highest BCUT2D eigenvalue weighted by Crippen LogP contribution is 2.22. The minimum atomic E-state index is 0.829. The van der Waals surface area contributed by atoms with Gasteiger partial charge in [0, 0.05) is 31.3 Å². The van der Waals surface area contributed by atoms with Gasteiger partial charge < -0.3 is 4.42 Å². The molecule has 1 aliphatic rings. The van der Waals surface area contributed by atoms with E-state index in [4.69, 9.17) is 4.42 Å². The lowest BCUT2D eigenvalue weighted by Gasteiger charge is -2.27. The van der Waals surface area contributed by atoms with Gasteiger partial charge in [0.25, 0.3) is 0 Å². The predicted molar refractivity (Wildman–Crippen MR) is 78.0 cm³/mol. The summed E-state index contributed by atoms with van der Waals surface area (Å²) in [5, 5.41) is 0.863. The first-order valence-electron chi connectivity index (χ1n) is 6.08. The van der Waals surface area contributed by atoms with Gasteiger partial charge in [-0.05, 0) is 28.3 Å². The molecular formula is C13H14BrN3OS. The van der Waals surface area contributed by atoms with E-state index in [1.54, 1.807) is 18.0 Å². The van der Waals surface area contributed by atoms with Gasteiger partial charge in [-0.1, -0.05) is 11.8 Å². The Balaban J connectivity index is 1.71. The number of aromatic nitrogens is 2. The molecule has 100 valence electrons. The van der Waals surface area contributed by atoms with E-state index in [1.807, 2.05) is 18.5 Å². The third kappa shape index (κ3) is 3.01. The first-order chi connectivity index (χ1) is 9.24. The Kier molecular flexibility index (Phi) is 3.91. The van der Waals surface area contributed by atoms with Crippen LogP contribution in [0.25, 0.3) is 0 Å². The SMILES string of the molecule is CSc1ncc2c(n1)CCN(Cc1cc(Br)co1)C2. The molecule has 0 spiro atoms. The molecule has 0 amide bonds. The summed E-state index contributed by atoms with van der Waals surface area (Å²) in [4.78, 5) is 11.3. The highest BCUT2D eigenvalue weighted by molar-refractivity contribution is 9.10. The fourth-order valence-electron chi connectivity index (χ4n) is 2.25. The molecule has 0 N–H and O–H groups in total. The van der Waals surface area contributed by atoms with Crippen molar-refractivity contribution in [3.63, 3.8) is 0 Å². The Hall–Kier alpha value is -0.850. The zero-order valence-corrected chi connectivity index (χ0v) is 13.0. The van der Waals surface area contributed by atoms with Crippen molar-refractivity contribution in [3.05, 3.63) is 40.0 Å². The number of nitrogens with zero attached hydrogens (tertiary/aromatic N) is 3. The van der Waals surface area contributed by atoms with Crippen molar-refractivity contribution >= 4 is 27.7 Å². The molecule has 0 aliphatic carbocycles. The van der Waals surface area contributed by atoms with E-state index in [9.17, 15) is 0 Å². The van der Waals surface area contributed by atoms with Crippen LogP contribution in [0.1, 0.15) is 17.0 Å². The van der Waals surface area contributed by atoms with Crippen molar-refractivity contribution < 1.29 is 4.42 Å². The van der Waals surface area contributed by atoms with Crippen LogP contribution in [-0.2, 0) is 19.5 Å². The number of fused-ring (bicyclic) bond motifs is 1. The molecule has 1 aliphatic heterocycles. The second kappa shape index (κ2) is 5.64. The van der Waals surface area contributed by atoms with Crippen LogP contribution in [0.4, 0.5) is 0 Å². The summed E-state index contributed by atoms with van der Waals surface area (Å²) >= 11 is 5.00. The zero-order valence-electron chi connectivity index (χ0n) is 10.6. The maximum Gasteiger partial charge on any atom is 0.187 e. The van der Waals surface area contributed by atoms with Gasteiger partial charge in [0.15, 0.2) is 5.16 Å². The molecule has 3 heterocycles. The topological polar surface area (TPSA) is 42.2 Å². The second-order valence-electron chi connectivity index (χ2n) is 4.52. The van der Waals surface area contributed by atoms with E-state index >= 15 is 0 Å². The summed E-state index contributed by atoms with van der Waals surface area (Å²) in [7, 11) is 0. The highest BCUT2D eigenvalue weighted by Gasteiger charge is 2.19. The van der Waals surface area contributed by atoms with Gasteiger partial charge in [0.2, 0.25) is 0 Å². The predicted octanol–water partition coefficient (Wildman–Crippen LogP) is 3.11. The first-order valence-corrected chi connectivity index (χ1v) is 8.10. The van der Waals surface area contributed by atoms with E-state index < -0.39 is 0 Å². The van der Waals surface area contributed by atoms with Crippen LogP contribution >= 0.6 is 27.7 Å². The molecule has 0 saturated carbocycles. The lowest BCUT2D eigenvalue weighted by molar-refractivity contribution is 0.223. The summed E-state index contributed by atoms with van der Waals surface area (Å²) < 4.78 is 6.46. The number of rotatable bonds is 3. The molecular weight excluding hydrogens is 326 g/mol. The van der Waals surface area contributed by atoms with Crippen LogP contribution in [0.2, 0.25) is 0 Å². The van der Waals surface area contributed by atoms with Gasteiger partial charge in [-0.2, -0.15) is 0 Å². The van der Waals surface area contributed by atoms with Crippen molar-refractivity contribution in [2.45, 2.75) is 24.7 Å². The van der Waals surface area contributed by atoms with E-state index in [-0.39, 0.29) is 0 Å². The third-order valence-corrected chi connectivity index (χ3v) is 4.15. The Bertz CT molecular complexity index is 587. The van der Waals surface area contributed by atoms with Crippen LogP contribution in [0, 0.1) is 0 Å². The molecule has 6 heteroatoms. The van der Waals surface area contributed by atoms with E-state index in [0.29, 0.717) is 0 Å². The van der Waals surface area contributed by atoms with Gasteiger partial charge in [-0.3, -0.25) is 4.90 Å². The number of halogens is 1. The average Bonchev–Trinajstić information content (AvgIpc) is 2.83. The number of hydrogen-bond donors (Lipinski definition) is 0. The molecule has 0 radical (unpaired) electrons. The Morgan fingerprint density at radius 1 is 1.53 bits per heavy atom. The van der Waals surface area contributed by atoms with Crippen molar-refractivity contribution in [2.75, 3.05) is 12.8 Å². The van der Waals surface area contributed by atoms with Crippen molar-refractivity contribution in [2.24, 2.45) is 0 Å². The van der Waals surface area contributed by atoms with Crippen molar-refractivity contribution in [3.8, 4) is 0 Å². The molecule has 0 atom stereocenters. The standard InChI is InChI=1S/C13H14BrN3OS/c1-19-13-15-5-9-6-17(3-2-12(9)16-13)7-11-4-10(14)8-18-11/h4-5,8H,2-3,6-7H2,1H3. The zero-order chi connectivity index (χ0) is 13.2. The molecule has 0 saturated heterocycles. The van der Waals surface area contributed by atoms with Crippen LogP contribution < -0.4 is 0 Å². The van der Waals surface area contributed by atoms with E-state index in [0.717, 1.165) is 41.4 Å². The first kappa shape index (κ1) is 13.1. The second-order valence-corrected chi connectivity index (χ2v) is 6.21. The molecule has 0 aromatic carbocycles. The fourth-order valence-corrected chi connectivity index (χ4v) is 2.96. The quantitative estimate of drug-likeness (QED) is 0.634. The Morgan fingerprint density at radius 3 is 3.16 bits per heavy atom. The van der Waals surface area contributed by atoms with Gasteiger partial charge in [-0.15, -0.1) is 0 Å². The normalized spacial score (nSPS) is 15.5. The molecule has 0 unspecified atom stereocenters. The van der Waals surface area contributed by atoms with Crippen molar-refractivity contribution in [1.82, 2.24) is 14.9 Å². The van der Waals surface area contributed by atoms with Gasteiger partial charge in [-0.25, -0.2) is 9.97 Å². The summed E-state index contributed by atoms with van der Waals surface area (Å²) in [5.74, 6) is 0.983. The van der Waals surface area contributed by atoms with Gasteiger partial charge >= 0.3 is 0 Å². The average molecular weight is 340 g/mol. The minimum Gasteiger partial charge on any atom is -0.467 e. The molecule has 3 rings (SSSR count). The summed E-state index contributed by atoms with van der Waals surface area (Å²) in [6, 6.07) is 2.02. The summed E-state index contributed by atoms with van der Waals surface area (Å²) in [6.07, 6.45) is 6.67. The van der Waals surface area contributed by atoms with Crippen LogP contribution in [0.15, 0.2) is 32.6 Å². The molecule has 19 heavy (non-hydrogen) atoms. The number of furan rings is 1. The fraction of sp³-hybridized carbons (Fsp3) is 0.385. The molecule has 4 nitrogen and oxygen atoms in total. The smallest absolute Gasteiger partial charge is 0.187 e. The Labute approximate surface area is 124 Å². The van der Waals surface area contributed by atoms with Gasteiger partial charge in [0.05, 0.1) is 16.7 Å². The van der Waals surface area contributed by atoms with Crippen LogP contribution in [0.5, 0.6) is 0 Å². The summed E-state index contributed by atoms with van der Waals surface area (Å²) in [5.41, 5.74) is 2.42. The lowest BCUT2D eigenvalue weighted by Crippen LogP contribution is -2.30. The molecule has 0 fully saturated rings. The van der Waals surface area contributed by atoms with Crippen LogP contribution in [-0.4, -0.2) is 27.7 Å². The van der Waals surface area contributed by atoms with E-state index in [1.165, 1.54) is 11.3 Å². The summed E-state index contributed by atoms with van der Waals surface area (Å²) in [6.45, 7) is 2.73. The van der Waals surface area contributed by atoms with Crippen molar-refractivity contribution in [1.29, 1.82) is 0 Å². The number of hydrogen-bond acceptors (Lipinski definition) is 5. The lowest BCUT2D eigenvalue weighted by atomic mass is 10.1. The monoisotopic (exact) mass is 339 g/mol. The highest BCUT2D eigenvalue weighted by atomic mass is 79.9. The third-order valence-electron chi connectivity index (χ3n) is 3.17. The van der Waals surface area contributed by atoms with Gasteiger partial charge in [0.1, 0.15) is 12.0 Å². The molecule has 0 bridgehead atoms. The molecule has 2 aromatic rings.